The van der Waals surface area contributed by atoms with Crippen molar-refractivity contribution in [1.29, 1.82) is 0 Å². The monoisotopic (exact) mass is 390 g/mol. The Morgan fingerprint density at radius 2 is 1.34 bits per heavy atom. The van der Waals surface area contributed by atoms with E-state index in [1.165, 1.54) is 12.8 Å². The molecular formula is C25H28NO3+. The molecule has 2 unspecified atom stereocenters. The second-order valence-corrected chi connectivity index (χ2v) is 8.77. The van der Waals surface area contributed by atoms with Crippen LogP contribution in [-0.4, -0.2) is 46.8 Å². The van der Waals surface area contributed by atoms with E-state index in [9.17, 15) is 9.90 Å². The van der Waals surface area contributed by atoms with Gasteiger partial charge in [0.1, 0.15) is 6.10 Å². The van der Waals surface area contributed by atoms with Crippen LogP contribution in [0.3, 0.4) is 0 Å². The first-order valence-electron chi connectivity index (χ1n) is 10.7. The van der Waals surface area contributed by atoms with Gasteiger partial charge in [0.25, 0.3) is 0 Å². The molecule has 4 heteroatoms. The molecule has 2 atom stereocenters. The van der Waals surface area contributed by atoms with E-state index in [0.29, 0.717) is 23.2 Å². The molecule has 0 aromatic heterocycles. The van der Waals surface area contributed by atoms with E-state index < -0.39 is 11.6 Å². The Balaban J connectivity index is 1.40. The Bertz CT molecular complexity index is 845. The summed E-state index contributed by atoms with van der Waals surface area (Å²) >= 11 is 0. The van der Waals surface area contributed by atoms with E-state index in [1.807, 2.05) is 36.4 Å². The van der Waals surface area contributed by atoms with Crippen LogP contribution < -0.4 is 0 Å². The molecule has 5 rings (SSSR count). The second-order valence-electron chi connectivity index (χ2n) is 8.77. The summed E-state index contributed by atoms with van der Waals surface area (Å²) in [7, 11) is 0. The highest BCUT2D eigenvalue weighted by molar-refractivity contribution is 5.85. The Morgan fingerprint density at radius 3 is 1.83 bits per heavy atom. The Morgan fingerprint density at radius 1 is 0.862 bits per heavy atom. The van der Waals surface area contributed by atoms with Crippen LogP contribution in [-0.2, 0) is 15.1 Å². The van der Waals surface area contributed by atoms with Crippen molar-refractivity contribution in [3.63, 3.8) is 0 Å². The number of esters is 1. The fraction of sp³-hybridized carbons (Fsp3) is 0.400. The van der Waals surface area contributed by atoms with Crippen LogP contribution in [0, 0.1) is 0 Å². The summed E-state index contributed by atoms with van der Waals surface area (Å²) < 4.78 is 7.19. The molecule has 3 aliphatic heterocycles. The summed E-state index contributed by atoms with van der Waals surface area (Å²) in [6.45, 7) is 2.24. The first-order chi connectivity index (χ1) is 14.1. The van der Waals surface area contributed by atoms with Crippen molar-refractivity contribution < 1.29 is 19.1 Å². The van der Waals surface area contributed by atoms with Crippen molar-refractivity contribution in [2.45, 2.75) is 49.5 Å². The minimum absolute atomic E-state index is 0.122. The van der Waals surface area contributed by atoms with Crippen molar-refractivity contribution in [1.82, 2.24) is 0 Å². The highest BCUT2D eigenvalue weighted by Gasteiger charge is 2.55. The number of rotatable bonds is 4. The molecule has 2 bridgehead atoms. The van der Waals surface area contributed by atoms with Crippen molar-refractivity contribution >= 4 is 5.97 Å². The highest BCUT2D eigenvalue weighted by Crippen LogP contribution is 2.45. The van der Waals surface area contributed by atoms with Crippen molar-refractivity contribution in [2.75, 3.05) is 13.1 Å². The van der Waals surface area contributed by atoms with Crippen LogP contribution in [0.4, 0.5) is 0 Å². The van der Waals surface area contributed by atoms with Gasteiger partial charge < -0.3 is 14.3 Å². The summed E-state index contributed by atoms with van der Waals surface area (Å²) in [4.78, 5) is 13.4. The summed E-state index contributed by atoms with van der Waals surface area (Å²) in [6, 6.07) is 19.4. The molecule has 1 N–H and O–H groups in total. The van der Waals surface area contributed by atoms with Gasteiger partial charge >= 0.3 is 5.97 Å². The van der Waals surface area contributed by atoms with Gasteiger partial charge in [-0.25, -0.2) is 4.79 Å². The number of quaternary nitrogens is 1. The number of nitrogens with zero attached hydrogens (tertiary/aromatic N) is 1. The highest BCUT2D eigenvalue weighted by atomic mass is 16.6. The molecule has 29 heavy (non-hydrogen) atoms. The molecule has 3 aliphatic rings. The normalized spacial score (nSPS) is 27.3. The first-order valence-corrected chi connectivity index (χ1v) is 10.7. The molecule has 2 aromatic carbocycles. The van der Waals surface area contributed by atoms with Crippen molar-refractivity contribution in [2.24, 2.45) is 0 Å². The van der Waals surface area contributed by atoms with Crippen LogP contribution in [0.5, 0.6) is 0 Å². The van der Waals surface area contributed by atoms with Gasteiger partial charge in [-0.3, -0.25) is 0 Å². The average Bonchev–Trinajstić information content (AvgIpc) is 3.31. The fourth-order valence-electron chi connectivity index (χ4n) is 5.86. The number of piperidine rings is 1. The zero-order valence-corrected chi connectivity index (χ0v) is 16.6. The summed E-state index contributed by atoms with van der Waals surface area (Å²) in [6.07, 6.45) is 8.70. The molecule has 0 amide bonds. The van der Waals surface area contributed by atoms with E-state index in [4.69, 9.17) is 4.74 Å². The molecule has 2 saturated heterocycles. The zero-order chi connectivity index (χ0) is 19.9. The largest absolute Gasteiger partial charge is 0.459 e. The minimum atomic E-state index is -1.79. The minimum Gasteiger partial charge on any atom is -0.459 e. The van der Waals surface area contributed by atoms with Crippen LogP contribution in [0.1, 0.15) is 36.8 Å². The Labute approximate surface area is 172 Å². The average molecular weight is 391 g/mol. The van der Waals surface area contributed by atoms with E-state index in [1.54, 1.807) is 24.3 Å². The molecule has 2 aromatic rings. The van der Waals surface area contributed by atoms with Crippen molar-refractivity contribution in [3.8, 4) is 0 Å². The lowest BCUT2D eigenvalue weighted by Gasteiger charge is -2.47. The maximum absolute atomic E-state index is 13.4. The quantitative estimate of drug-likeness (QED) is 0.493. The van der Waals surface area contributed by atoms with Crippen LogP contribution >= 0.6 is 0 Å². The van der Waals surface area contributed by atoms with Gasteiger partial charge in [-0.2, -0.15) is 0 Å². The van der Waals surface area contributed by atoms with Gasteiger partial charge in [-0.15, -0.1) is 0 Å². The van der Waals surface area contributed by atoms with Crippen LogP contribution in [0.15, 0.2) is 72.8 Å². The van der Waals surface area contributed by atoms with E-state index >= 15 is 0 Å². The SMILES string of the molecule is O=C(OC1CC2CCC(C1)[N+]21CC=CC1)C(O)(c1ccccc1)c1ccccc1. The number of ether oxygens (including phenoxy) is 1. The van der Waals surface area contributed by atoms with Crippen LogP contribution in [0.2, 0.25) is 0 Å². The van der Waals surface area contributed by atoms with Crippen molar-refractivity contribution in [3.05, 3.63) is 83.9 Å². The third kappa shape index (κ3) is 2.93. The van der Waals surface area contributed by atoms with Gasteiger partial charge in [0, 0.05) is 25.7 Å². The molecule has 0 radical (unpaired) electrons. The van der Waals surface area contributed by atoms with E-state index in [2.05, 4.69) is 12.2 Å². The number of hydrogen-bond donors (Lipinski definition) is 1. The molecule has 4 nitrogen and oxygen atoms in total. The lowest BCUT2D eigenvalue weighted by molar-refractivity contribution is -0.952. The maximum Gasteiger partial charge on any atom is 0.347 e. The molecule has 1 spiro atoms. The summed E-state index contributed by atoms with van der Waals surface area (Å²) in [5.41, 5.74) is -0.704. The number of aliphatic hydroxyl groups is 1. The zero-order valence-electron chi connectivity index (χ0n) is 16.6. The topological polar surface area (TPSA) is 46.5 Å². The van der Waals surface area contributed by atoms with Crippen LogP contribution in [0.25, 0.3) is 0 Å². The standard InChI is InChI=1S/C25H28NO3/c27-24(25(28,19-9-3-1-4-10-19)20-11-5-2-6-12-20)29-23-17-21-13-14-22(18-23)26(21)15-7-8-16-26/h1-12,21-23,28H,13-18H2/q+1. The van der Waals surface area contributed by atoms with Gasteiger partial charge in [0.2, 0.25) is 5.60 Å². The predicted octanol–water partition coefficient (Wildman–Crippen LogP) is 3.55. The van der Waals surface area contributed by atoms with E-state index in [0.717, 1.165) is 30.4 Å². The molecule has 150 valence electrons. The summed E-state index contributed by atoms with van der Waals surface area (Å²) in [5, 5.41) is 11.6. The first kappa shape index (κ1) is 18.6. The van der Waals surface area contributed by atoms with Gasteiger partial charge in [-0.1, -0.05) is 60.7 Å². The number of carbonyl (C=O) groups is 1. The fourth-order valence-corrected chi connectivity index (χ4v) is 5.86. The Hall–Kier alpha value is -2.43. The Kier molecular flexibility index (Phi) is 4.56. The molecular weight excluding hydrogens is 362 g/mol. The molecule has 0 saturated carbocycles. The van der Waals surface area contributed by atoms with Gasteiger partial charge in [-0.05, 0) is 23.3 Å². The maximum atomic E-state index is 13.4. The molecule has 3 heterocycles. The lowest BCUT2D eigenvalue weighted by atomic mass is 9.86. The smallest absolute Gasteiger partial charge is 0.347 e. The van der Waals surface area contributed by atoms with E-state index in [-0.39, 0.29) is 6.10 Å². The number of hydrogen-bond acceptors (Lipinski definition) is 3. The molecule has 0 aliphatic carbocycles. The summed E-state index contributed by atoms with van der Waals surface area (Å²) in [5.74, 6) is -0.563. The molecule has 2 fully saturated rings. The number of carbonyl (C=O) groups excluding carboxylic acids is 1. The van der Waals surface area contributed by atoms with Gasteiger partial charge in [0.15, 0.2) is 0 Å². The van der Waals surface area contributed by atoms with Gasteiger partial charge in [0.05, 0.1) is 25.2 Å². The third-order valence-corrected chi connectivity index (χ3v) is 7.37. The third-order valence-electron chi connectivity index (χ3n) is 7.37. The predicted molar refractivity (Wildman–Crippen MR) is 111 cm³/mol. The lowest BCUT2D eigenvalue weighted by Crippen LogP contribution is -2.60. The second kappa shape index (κ2) is 7.12. The number of benzene rings is 2.